The summed E-state index contributed by atoms with van der Waals surface area (Å²) >= 11 is 0. The molecule has 0 aliphatic carbocycles. The van der Waals surface area contributed by atoms with Gasteiger partial charge in [0.1, 0.15) is 12.4 Å². The highest BCUT2D eigenvalue weighted by molar-refractivity contribution is 5.27. The van der Waals surface area contributed by atoms with Crippen LogP contribution >= 0.6 is 0 Å². The van der Waals surface area contributed by atoms with E-state index in [0.29, 0.717) is 12.6 Å². The summed E-state index contributed by atoms with van der Waals surface area (Å²) in [7, 11) is 1.96. The Morgan fingerprint density at radius 2 is 2.00 bits per heavy atom. The Bertz CT molecular complexity index is 502. The molecule has 0 saturated heterocycles. The summed E-state index contributed by atoms with van der Waals surface area (Å²) < 4.78 is 7.69. The lowest BCUT2D eigenvalue weighted by Crippen LogP contribution is -2.21. The number of rotatable bonds is 6. The molecule has 0 bridgehead atoms. The summed E-state index contributed by atoms with van der Waals surface area (Å²) in [5, 5.41) is 3.39. The van der Waals surface area contributed by atoms with Gasteiger partial charge in [-0.25, -0.2) is 4.98 Å². The van der Waals surface area contributed by atoms with Gasteiger partial charge in [0.2, 0.25) is 0 Å². The fourth-order valence-corrected chi connectivity index (χ4v) is 1.71. The van der Waals surface area contributed by atoms with Crippen LogP contribution in [0.3, 0.4) is 0 Å². The van der Waals surface area contributed by atoms with E-state index in [1.54, 1.807) is 6.33 Å². The molecule has 0 saturated carbocycles. The molecular formula is C15H21N3O. The lowest BCUT2D eigenvalue weighted by Gasteiger charge is -2.10. The lowest BCUT2D eigenvalue weighted by atomic mass is 10.2. The van der Waals surface area contributed by atoms with E-state index in [1.165, 1.54) is 5.56 Å². The van der Waals surface area contributed by atoms with E-state index in [2.05, 4.69) is 36.3 Å². The summed E-state index contributed by atoms with van der Waals surface area (Å²) in [6, 6.07) is 8.70. The zero-order valence-corrected chi connectivity index (χ0v) is 11.8. The SMILES string of the molecule is CC(C)NCc1ccc(OCc2cncn2C)cc1. The van der Waals surface area contributed by atoms with Crippen LogP contribution < -0.4 is 10.1 Å². The number of aromatic nitrogens is 2. The molecule has 0 fully saturated rings. The van der Waals surface area contributed by atoms with Crippen molar-refractivity contribution < 1.29 is 4.74 Å². The van der Waals surface area contributed by atoms with E-state index in [4.69, 9.17) is 4.74 Å². The van der Waals surface area contributed by atoms with Crippen LogP contribution in [-0.2, 0) is 20.2 Å². The maximum atomic E-state index is 5.73. The van der Waals surface area contributed by atoms with Gasteiger partial charge in [0.15, 0.2) is 0 Å². The van der Waals surface area contributed by atoms with Gasteiger partial charge in [-0.05, 0) is 17.7 Å². The number of aryl methyl sites for hydroxylation is 1. The molecule has 0 amide bonds. The maximum absolute atomic E-state index is 5.73. The first-order valence-corrected chi connectivity index (χ1v) is 6.55. The fourth-order valence-electron chi connectivity index (χ4n) is 1.71. The van der Waals surface area contributed by atoms with Gasteiger partial charge < -0.3 is 14.6 Å². The van der Waals surface area contributed by atoms with E-state index in [0.717, 1.165) is 18.0 Å². The minimum absolute atomic E-state index is 0.501. The minimum atomic E-state index is 0.501. The molecule has 1 aromatic heterocycles. The number of hydrogen-bond acceptors (Lipinski definition) is 3. The van der Waals surface area contributed by atoms with Gasteiger partial charge in [-0.15, -0.1) is 0 Å². The zero-order chi connectivity index (χ0) is 13.7. The summed E-state index contributed by atoms with van der Waals surface area (Å²) in [4.78, 5) is 4.06. The quantitative estimate of drug-likeness (QED) is 0.866. The molecule has 0 atom stereocenters. The second kappa shape index (κ2) is 6.38. The van der Waals surface area contributed by atoms with E-state index in [-0.39, 0.29) is 0 Å². The van der Waals surface area contributed by atoms with Gasteiger partial charge in [0.25, 0.3) is 0 Å². The average Bonchev–Trinajstić information content (AvgIpc) is 2.81. The molecule has 2 rings (SSSR count). The highest BCUT2D eigenvalue weighted by Gasteiger charge is 2.00. The van der Waals surface area contributed by atoms with Crippen molar-refractivity contribution in [2.45, 2.75) is 33.0 Å². The number of nitrogens with zero attached hydrogens (tertiary/aromatic N) is 2. The largest absolute Gasteiger partial charge is 0.487 e. The Labute approximate surface area is 114 Å². The van der Waals surface area contributed by atoms with E-state index in [9.17, 15) is 0 Å². The van der Waals surface area contributed by atoms with Gasteiger partial charge in [0.05, 0.1) is 18.2 Å². The number of hydrogen-bond donors (Lipinski definition) is 1. The molecule has 0 radical (unpaired) electrons. The molecule has 0 aliphatic heterocycles. The molecule has 19 heavy (non-hydrogen) atoms. The normalized spacial score (nSPS) is 10.9. The van der Waals surface area contributed by atoms with Crippen molar-refractivity contribution in [3.8, 4) is 5.75 Å². The maximum Gasteiger partial charge on any atom is 0.130 e. The number of benzene rings is 1. The fraction of sp³-hybridized carbons (Fsp3) is 0.400. The van der Waals surface area contributed by atoms with Crippen molar-refractivity contribution in [1.82, 2.24) is 14.9 Å². The highest BCUT2D eigenvalue weighted by atomic mass is 16.5. The first kappa shape index (κ1) is 13.6. The number of imidazole rings is 1. The molecule has 102 valence electrons. The van der Waals surface area contributed by atoms with Crippen LogP contribution in [0.5, 0.6) is 5.75 Å². The molecule has 4 heteroatoms. The minimum Gasteiger partial charge on any atom is -0.487 e. The number of nitrogens with one attached hydrogen (secondary N) is 1. The lowest BCUT2D eigenvalue weighted by molar-refractivity contribution is 0.297. The monoisotopic (exact) mass is 259 g/mol. The van der Waals surface area contributed by atoms with Crippen molar-refractivity contribution in [2.24, 2.45) is 7.05 Å². The van der Waals surface area contributed by atoms with Crippen molar-refractivity contribution >= 4 is 0 Å². The van der Waals surface area contributed by atoms with Gasteiger partial charge >= 0.3 is 0 Å². The standard InChI is InChI=1S/C15H21N3O/c1-12(2)17-8-13-4-6-15(7-5-13)19-10-14-9-16-11-18(14)3/h4-7,9,11-12,17H,8,10H2,1-3H3. The average molecular weight is 259 g/mol. The third kappa shape index (κ3) is 4.10. The molecule has 0 unspecified atom stereocenters. The molecule has 0 spiro atoms. The smallest absolute Gasteiger partial charge is 0.130 e. The van der Waals surface area contributed by atoms with Crippen LogP contribution in [-0.4, -0.2) is 15.6 Å². The van der Waals surface area contributed by atoms with Crippen LogP contribution in [0.15, 0.2) is 36.8 Å². The summed E-state index contributed by atoms with van der Waals surface area (Å²) in [6.07, 6.45) is 3.60. The van der Waals surface area contributed by atoms with Crippen LogP contribution in [0.4, 0.5) is 0 Å². The van der Waals surface area contributed by atoms with Crippen molar-refractivity contribution in [1.29, 1.82) is 0 Å². The first-order chi connectivity index (χ1) is 9.15. The molecule has 1 aromatic carbocycles. The van der Waals surface area contributed by atoms with Crippen molar-refractivity contribution in [3.63, 3.8) is 0 Å². The van der Waals surface area contributed by atoms with Crippen molar-refractivity contribution in [2.75, 3.05) is 0 Å². The Morgan fingerprint density at radius 1 is 1.26 bits per heavy atom. The Hall–Kier alpha value is -1.81. The molecule has 4 nitrogen and oxygen atoms in total. The second-order valence-electron chi connectivity index (χ2n) is 4.96. The van der Waals surface area contributed by atoms with Gasteiger partial charge in [-0.3, -0.25) is 0 Å². The third-order valence-corrected chi connectivity index (χ3v) is 2.94. The second-order valence-corrected chi connectivity index (χ2v) is 4.96. The van der Waals surface area contributed by atoms with Gasteiger partial charge in [-0.1, -0.05) is 26.0 Å². The summed E-state index contributed by atoms with van der Waals surface area (Å²) in [6.45, 7) is 5.72. The molecular weight excluding hydrogens is 238 g/mol. The summed E-state index contributed by atoms with van der Waals surface area (Å²) in [5.41, 5.74) is 2.33. The van der Waals surface area contributed by atoms with E-state index >= 15 is 0 Å². The topological polar surface area (TPSA) is 39.1 Å². The van der Waals surface area contributed by atoms with E-state index < -0.39 is 0 Å². The van der Waals surface area contributed by atoms with Crippen LogP contribution in [0, 0.1) is 0 Å². The van der Waals surface area contributed by atoms with Crippen molar-refractivity contribution in [3.05, 3.63) is 48.0 Å². The Balaban J connectivity index is 1.86. The first-order valence-electron chi connectivity index (χ1n) is 6.55. The van der Waals surface area contributed by atoms with Crippen LogP contribution in [0.25, 0.3) is 0 Å². The molecule has 2 aromatic rings. The number of ether oxygens (including phenoxy) is 1. The molecule has 1 N–H and O–H groups in total. The van der Waals surface area contributed by atoms with Crippen LogP contribution in [0.1, 0.15) is 25.1 Å². The molecule has 1 heterocycles. The zero-order valence-electron chi connectivity index (χ0n) is 11.8. The van der Waals surface area contributed by atoms with Crippen LogP contribution in [0.2, 0.25) is 0 Å². The Morgan fingerprint density at radius 3 is 2.58 bits per heavy atom. The van der Waals surface area contributed by atoms with E-state index in [1.807, 2.05) is 29.9 Å². The predicted octanol–water partition coefficient (Wildman–Crippen LogP) is 2.50. The molecule has 0 aliphatic rings. The van der Waals surface area contributed by atoms with Gasteiger partial charge in [0, 0.05) is 19.6 Å². The highest BCUT2D eigenvalue weighted by Crippen LogP contribution is 2.14. The van der Waals surface area contributed by atoms with Gasteiger partial charge in [-0.2, -0.15) is 0 Å². The predicted molar refractivity (Wildman–Crippen MR) is 76.0 cm³/mol. The third-order valence-electron chi connectivity index (χ3n) is 2.94. The summed E-state index contributed by atoms with van der Waals surface area (Å²) in [5.74, 6) is 0.884. The Kier molecular flexibility index (Phi) is 4.58.